The van der Waals surface area contributed by atoms with Gasteiger partial charge < -0.3 is 10.0 Å². The quantitative estimate of drug-likeness (QED) is 0.888. The van der Waals surface area contributed by atoms with E-state index in [-0.39, 0.29) is 6.42 Å². The minimum absolute atomic E-state index is 0.103. The maximum atomic E-state index is 10.6. The number of thiazole rings is 1. The summed E-state index contributed by atoms with van der Waals surface area (Å²) in [5.74, 6) is -0.0573. The van der Waals surface area contributed by atoms with E-state index >= 15 is 0 Å². The molecule has 1 aromatic heterocycles. The maximum absolute atomic E-state index is 10.6. The first-order valence-electron chi connectivity index (χ1n) is 6.55. The van der Waals surface area contributed by atoms with Gasteiger partial charge in [-0.05, 0) is 38.4 Å². The van der Waals surface area contributed by atoms with Crippen LogP contribution in [0, 0.1) is 5.92 Å². The topological polar surface area (TPSA) is 53.4 Å². The molecule has 1 aromatic rings. The Balaban J connectivity index is 1.83. The van der Waals surface area contributed by atoms with E-state index in [9.17, 15) is 4.79 Å². The molecule has 2 rings (SSSR count). The Morgan fingerprint density at radius 2 is 2.28 bits per heavy atom. The van der Waals surface area contributed by atoms with Gasteiger partial charge in [-0.1, -0.05) is 6.92 Å². The van der Waals surface area contributed by atoms with Gasteiger partial charge in [0.05, 0.1) is 11.4 Å². The van der Waals surface area contributed by atoms with E-state index < -0.39 is 5.97 Å². The van der Waals surface area contributed by atoms with Gasteiger partial charge in [0.2, 0.25) is 0 Å². The molecule has 0 aromatic carbocycles. The van der Waals surface area contributed by atoms with Crippen LogP contribution in [0.25, 0.3) is 0 Å². The summed E-state index contributed by atoms with van der Waals surface area (Å²) in [5, 5.41) is 9.83. The van der Waals surface area contributed by atoms with E-state index in [1.54, 1.807) is 17.5 Å². The van der Waals surface area contributed by atoms with Crippen LogP contribution in [0.3, 0.4) is 0 Å². The third-order valence-corrected chi connectivity index (χ3v) is 4.56. The number of carboxylic acid groups (broad SMARTS) is 1. The van der Waals surface area contributed by atoms with Gasteiger partial charge in [-0.15, -0.1) is 11.3 Å². The van der Waals surface area contributed by atoms with Gasteiger partial charge in [-0.2, -0.15) is 0 Å². The molecule has 0 bridgehead atoms. The molecule has 0 spiro atoms. The number of hydrogen-bond donors (Lipinski definition) is 1. The zero-order valence-corrected chi connectivity index (χ0v) is 11.6. The summed E-state index contributed by atoms with van der Waals surface area (Å²) >= 11 is 1.56. The van der Waals surface area contributed by atoms with Crippen molar-refractivity contribution in [1.29, 1.82) is 0 Å². The van der Waals surface area contributed by atoms with E-state index in [0.29, 0.717) is 0 Å². The average Bonchev–Trinajstić information content (AvgIpc) is 2.76. The van der Waals surface area contributed by atoms with Gasteiger partial charge in [0.25, 0.3) is 0 Å². The zero-order valence-electron chi connectivity index (χ0n) is 10.8. The summed E-state index contributed by atoms with van der Waals surface area (Å²) < 4.78 is 0. The fraction of sp³-hybridized carbons (Fsp3) is 0.692. The van der Waals surface area contributed by atoms with Crippen LogP contribution in [0.5, 0.6) is 0 Å². The normalized spacial score (nSPS) is 18.1. The van der Waals surface area contributed by atoms with Crippen LogP contribution in [-0.4, -0.2) is 40.6 Å². The molecule has 1 N–H and O–H groups in total. The lowest BCUT2D eigenvalue weighted by molar-refractivity contribution is -0.136. The predicted molar refractivity (Wildman–Crippen MR) is 72.0 cm³/mol. The second-order valence-corrected chi connectivity index (χ2v) is 6.07. The second kappa shape index (κ2) is 6.29. The molecule has 1 saturated heterocycles. The standard InChI is InChI=1S/C13H20N2O2S/c1-2-15-5-3-10(4-6-15)7-12-14-9-11(18-12)8-13(16)17/h9-10H,2-8H2,1H3,(H,16,17). The Labute approximate surface area is 112 Å². The van der Waals surface area contributed by atoms with Crippen molar-refractivity contribution >= 4 is 17.3 Å². The van der Waals surface area contributed by atoms with Crippen LogP contribution in [0.4, 0.5) is 0 Å². The number of rotatable bonds is 5. The van der Waals surface area contributed by atoms with E-state index in [0.717, 1.165) is 28.8 Å². The van der Waals surface area contributed by atoms with Gasteiger partial charge in [-0.25, -0.2) is 4.98 Å². The Bertz CT molecular complexity index is 397. The summed E-state index contributed by atoms with van der Waals surface area (Å²) in [4.78, 5) is 18.3. The molecule has 0 unspecified atom stereocenters. The third-order valence-electron chi connectivity index (χ3n) is 3.54. The molecule has 0 radical (unpaired) electrons. The van der Waals surface area contributed by atoms with Crippen molar-refractivity contribution in [3.8, 4) is 0 Å². The van der Waals surface area contributed by atoms with E-state index in [1.165, 1.54) is 25.9 Å². The average molecular weight is 268 g/mol. The smallest absolute Gasteiger partial charge is 0.308 e. The number of carboxylic acids is 1. The lowest BCUT2D eigenvalue weighted by Gasteiger charge is -2.30. The molecule has 18 heavy (non-hydrogen) atoms. The first-order chi connectivity index (χ1) is 8.67. The number of piperidine rings is 1. The summed E-state index contributed by atoms with van der Waals surface area (Å²) in [7, 11) is 0. The molecule has 0 atom stereocenters. The van der Waals surface area contributed by atoms with Gasteiger partial charge in [0.1, 0.15) is 0 Å². The van der Waals surface area contributed by atoms with Crippen molar-refractivity contribution in [3.05, 3.63) is 16.1 Å². The van der Waals surface area contributed by atoms with Crippen molar-refractivity contribution in [2.45, 2.75) is 32.6 Å². The molecule has 1 aliphatic rings. The Morgan fingerprint density at radius 1 is 1.56 bits per heavy atom. The molecular weight excluding hydrogens is 248 g/mol. The fourth-order valence-corrected chi connectivity index (χ4v) is 3.46. The second-order valence-electron chi connectivity index (χ2n) is 4.87. The number of hydrogen-bond acceptors (Lipinski definition) is 4. The molecule has 100 valence electrons. The zero-order chi connectivity index (χ0) is 13.0. The van der Waals surface area contributed by atoms with Crippen LogP contribution < -0.4 is 0 Å². The molecule has 5 heteroatoms. The maximum Gasteiger partial charge on any atom is 0.308 e. The number of nitrogens with zero attached hydrogens (tertiary/aromatic N) is 2. The van der Waals surface area contributed by atoms with Gasteiger partial charge in [0.15, 0.2) is 0 Å². The van der Waals surface area contributed by atoms with Crippen LogP contribution >= 0.6 is 11.3 Å². The highest BCUT2D eigenvalue weighted by molar-refractivity contribution is 7.11. The van der Waals surface area contributed by atoms with Crippen molar-refractivity contribution in [1.82, 2.24) is 9.88 Å². The molecule has 1 aliphatic heterocycles. The summed E-state index contributed by atoms with van der Waals surface area (Å²) in [5.41, 5.74) is 0. The van der Waals surface area contributed by atoms with E-state index in [1.807, 2.05) is 0 Å². The van der Waals surface area contributed by atoms with E-state index in [4.69, 9.17) is 5.11 Å². The number of aliphatic carboxylic acids is 1. The lowest BCUT2D eigenvalue weighted by Crippen LogP contribution is -2.33. The van der Waals surface area contributed by atoms with Crippen LogP contribution in [-0.2, 0) is 17.6 Å². The number of likely N-dealkylation sites (tertiary alicyclic amines) is 1. The molecule has 0 saturated carbocycles. The summed E-state index contributed by atoms with van der Waals surface area (Å²) in [6.45, 7) is 5.73. The van der Waals surface area contributed by atoms with Gasteiger partial charge >= 0.3 is 5.97 Å². The number of carbonyl (C=O) groups is 1. The Morgan fingerprint density at radius 3 is 2.89 bits per heavy atom. The number of aromatic nitrogens is 1. The van der Waals surface area contributed by atoms with Crippen molar-refractivity contribution in [2.75, 3.05) is 19.6 Å². The molecule has 4 nitrogen and oxygen atoms in total. The highest BCUT2D eigenvalue weighted by atomic mass is 32.1. The monoisotopic (exact) mass is 268 g/mol. The molecular formula is C13H20N2O2S. The first-order valence-corrected chi connectivity index (χ1v) is 7.36. The molecule has 2 heterocycles. The van der Waals surface area contributed by atoms with Crippen LogP contribution in [0.1, 0.15) is 29.7 Å². The molecule has 0 amide bonds. The Hall–Kier alpha value is -0.940. The van der Waals surface area contributed by atoms with Crippen molar-refractivity contribution in [2.24, 2.45) is 5.92 Å². The molecule has 1 fully saturated rings. The largest absolute Gasteiger partial charge is 0.481 e. The van der Waals surface area contributed by atoms with Crippen LogP contribution in [0.15, 0.2) is 6.20 Å². The summed E-state index contributed by atoms with van der Waals surface area (Å²) in [6.07, 6.45) is 5.31. The van der Waals surface area contributed by atoms with Crippen LogP contribution in [0.2, 0.25) is 0 Å². The first kappa shape index (κ1) is 13.5. The highest BCUT2D eigenvalue weighted by Gasteiger charge is 2.19. The van der Waals surface area contributed by atoms with E-state index in [2.05, 4.69) is 16.8 Å². The minimum Gasteiger partial charge on any atom is -0.481 e. The van der Waals surface area contributed by atoms with Gasteiger partial charge in [-0.3, -0.25) is 4.79 Å². The minimum atomic E-state index is -0.776. The lowest BCUT2D eigenvalue weighted by atomic mass is 9.94. The molecule has 0 aliphatic carbocycles. The highest BCUT2D eigenvalue weighted by Crippen LogP contribution is 2.24. The SMILES string of the molecule is CCN1CCC(Cc2ncc(CC(=O)O)s2)CC1. The van der Waals surface area contributed by atoms with Gasteiger partial charge in [0, 0.05) is 17.5 Å². The van der Waals surface area contributed by atoms with Crippen molar-refractivity contribution in [3.63, 3.8) is 0 Å². The van der Waals surface area contributed by atoms with Crippen molar-refractivity contribution < 1.29 is 9.90 Å². The Kier molecular flexibility index (Phi) is 4.72. The predicted octanol–water partition coefficient (Wildman–Crippen LogP) is 2.04. The fourth-order valence-electron chi connectivity index (χ4n) is 2.43. The third kappa shape index (κ3) is 3.78. The summed E-state index contributed by atoms with van der Waals surface area (Å²) in [6, 6.07) is 0.